The molecule has 4 aromatic heterocycles. The maximum absolute atomic E-state index is 5.31. The Morgan fingerprint density at radius 3 is 1.57 bits per heavy atom. The predicted octanol–water partition coefficient (Wildman–Crippen LogP) is 13.2. The van der Waals surface area contributed by atoms with Gasteiger partial charge in [-0.05, 0) is 36.4 Å². The van der Waals surface area contributed by atoms with Gasteiger partial charge in [0.2, 0.25) is 0 Å². The van der Waals surface area contributed by atoms with E-state index in [9.17, 15) is 0 Å². The summed E-state index contributed by atoms with van der Waals surface area (Å²) in [6.45, 7) is 0. The number of para-hydroxylation sites is 2. The van der Waals surface area contributed by atoms with Crippen LogP contribution in [0.25, 0.3) is 104 Å². The second-order valence-electron chi connectivity index (χ2n) is 13.6. The van der Waals surface area contributed by atoms with Crippen LogP contribution in [-0.4, -0.2) is 19.5 Å². The average Bonchev–Trinajstić information content (AvgIpc) is 3.80. The van der Waals surface area contributed by atoms with E-state index in [4.69, 9.17) is 15.0 Å². The van der Waals surface area contributed by atoms with E-state index in [0.29, 0.717) is 5.82 Å². The third-order valence-electron chi connectivity index (χ3n) is 10.4. The average molecular weight is 707 g/mol. The largest absolute Gasteiger partial charge is 0.309 e. The zero-order valence-electron chi connectivity index (χ0n) is 29.0. The van der Waals surface area contributed by atoms with Gasteiger partial charge in [-0.25, -0.2) is 15.0 Å². The summed E-state index contributed by atoms with van der Waals surface area (Å²) in [6.07, 6.45) is 0. The third kappa shape index (κ3) is 4.94. The van der Waals surface area contributed by atoms with Crippen LogP contribution in [0.4, 0.5) is 0 Å². The first-order valence-corrected chi connectivity index (χ1v) is 18.9. The molecule has 0 bridgehead atoms. The van der Waals surface area contributed by atoms with Gasteiger partial charge in [0.1, 0.15) is 0 Å². The van der Waals surface area contributed by atoms with Gasteiger partial charge in [0, 0.05) is 59.6 Å². The number of rotatable bonds is 5. The number of nitrogens with zero attached hydrogens (tertiary/aromatic N) is 4. The van der Waals surface area contributed by atoms with Crippen molar-refractivity contribution in [3.05, 3.63) is 182 Å². The van der Waals surface area contributed by atoms with Crippen molar-refractivity contribution in [2.75, 3.05) is 0 Å². The van der Waals surface area contributed by atoms with Crippen molar-refractivity contribution >= 4 is 64.2 Å². The lowest BCUT2D eigenvalue weighted by molar-refractivity contribution is 1.17. The quantitative estimate of drug-likeness (QED) is 0.179. The first-order chi connectivity index (χ1) is 26.8. The SMILES string of the molecule is c1ccc(-c2nc(-c3ccc(-c4nc5c6ccccc6sc5c5ccccc45)cc3)cc(-c3ccc(-n4c5ccccc5c5ccccc54)cc3)n2)cc1. The second kappa shape index (κ2) is 12.3. The minimum atomic E-state index is 0.695. The minimum Gasteiger partial charge on any atom is -0.309 e. The molecule has 252 valence electrons. The van der Waals surface area contributed by atoms with Crippen molar-refractivity contribution in [1.29, 1.82) is 0 Å². The lowest BCUT2D eigenvalue weighted by atomic mass is 10.0. The van der Waals surface area contributed by atoms with Crippen molar-refractivity contribution in [2.45, 2.75) is 0 Å². The Morgan fingerprint density at radius 2 is 0.907 bits per heavy atom. The molecule has 11 rings (SSSR count). The molecule has 11 aromatic rings. The van der Waals surface area contributed by atoms with E-state index in [1.807, 2.05) is 29.5 Å². The monoisotopic (exact) mass is 706 g/mol. The van der Waals surface area contributed by atoms with Crippen LogP contribution < -0.4 is 0 Å². The van der Waals surface area contributed by atoms with Crippen LogP contribution >= 0.6 is 11.3 Å². The molecule has 4 heterocycles. The third-order valence-corrected chi connectivity index (χ3v) is 11.6. The summed E-state index contributed by atoms with van der Waals surface area (Å²) in [6, 6.07) is 64.1. The van der Waals surface area contributed by atoms with Crippen LogP contribution in [0.5, 0.6) is 0 Å². The fraction of sp³-hybridized carbons (Fsp3) is 0. The Balaban J connectivity index is 1.01. The normalized spacial score (nSPS) is 11.7. The Bertz CT molecular complexity index is 3140. The molecule has 0 fully saturated rings. The zero-order valence-corrected chi connectivity index (χ0v) is 29.8. The molecule has 0 aliphatic carbocycles. The van der Waals surface area contributed by atoms with Gasteiger partial charge in [-0.2, -0.15) is 0 Å². The van der Waals surface area contributed by atoms with E-state index < -0.39 is 0 Å². The molecule has 0 spiro atoms. The van der Waals surface area contributed by atoms with E-state index in [2.05, 4.69) is 168 Å². The highest BCUT2D eigenvalue weighted by atomic mass is 32.1. The molecule has 0 atom stereocenters. The summed E-state index contributed by atoms with van der Waals surface area (Å²) in [5, 5.41) is 6.09. The maximum Gasteiger partial charge on any atom is 0.160 e. The molecule has 0 aliphatic heterocycles. The zero-order chi connectivity index (χ0) is 35.6. The highest BCUT2D eigenvalue weighted by Crippen LogP contribution is 2.41. The number of hydrogen-bond acceptors (Lipinski definition) is 4. The van der Waals surface area contributed by atoms with Crippen LogP contribution in [0.2, 0.25) is 0 Å². The van der Waals surface area contributed by atoms with Crippen LogP contribution in [0, 0.1) is 0 Å². The maximum atomic E-state index is 5.31. The number of pyridine rings is 1. The van der Waals surface area contributed by atoms with Crippen molar-refractivity contribution in [3.8, 4) is 50.8 Å². The van der Waals surface area contributed by atoms with Crippen LogP contribution in [-0.2, 0) is 0 Å². The van der Waals surface area contributed by atoms with Crippen LogP contribution in [0.1, 0.15) is 0 Å². The van der Waals surface area contributed by atoms with E-state index in [0.717, 1.165) is 55.9 Å². The smallest absolute Gasteiger partial charge is 0.160 e. The Hall–Kier alpha value is -6.95. The van der Waals surface area contributed by atoms with Gasteiger partial charge < -0.3 is 4.57 Å². The summed E-state index contributed by atoms with van der Waals surface area (Å²) in [4.78, 5) is 15.5. The standard InChI is InChI=1S/C49H30N4S/c1-2-12-34(13-3-1)49-50-41(30-42(51-49)32-26-28-35(29-27-32)53-43-19-9-6-14-36(43)37-15-7-10-20-44(37)53)31-22-24-33(25-23-31)46-38-16-4-5-17-39(38)48-47(52-46)40-18-8-11-21-45(40)54-48/h1-30H. The lowest BCUT2D eigenvalue weighted by Crippen LogP contribution is -1.97. The molecular formula is C49H30N4S. The first kappa shape index (κ1) is 30.7. The number of fused-ring (bicyclic) bond motifs is 8. The molecule has 0 saturated carbocycles. The molecule has 5 heteroatoms. The minimum absolute atomic E-state index is 0.695. The van der Waals surface area contributed by atoms with Gasteiger partial charge in [-0.1, -0.05) is 146 Å². The Morgan fingerprint density at radius 1 is 0.389 bits per heavy atom. The number of hydrogen-bond donors (Lipinski definition) is 0. The highest BCUT2D eigenvalue weighted by Gasteiger charge is 2.17. The topological polar surface area (TPSA) is 43.6 Å². The highest BCUT2D eigenvalue weighted by molar-refractivity contribution is 7.26. The molecule has 0 N–H and O–H groups in total. The fourth-order valence-electron chi connectivity index (χ4n) is 7.85. The molecule has 0 aliphatic rings. The molecule has 7 aromatic carbocycles. The molecule has 0 unspecified atom stereocenters. The second-order valence-corrected chi connectivity index (χ2v) is 14.7. The number of aromatic nitrogens is 4. The van der Waals surface area contributed by atoms with E-state index in [-0.39, 0.29) is 0 Å². The molecule has 4 nitrogen and oxygen atoms in total. The van der Waals surface area contributed by atoms with Crippen molar-refractivity contribution < 1.29 is 0 Å². The number of benzene rings is 7. The summed E-state index contributed by atoms with van der Waals surface area (Å²) in [5.41, 5.74) is 11.4. The Kier molecular flexibility index (Phi) is 7.00. The van der Waals surface area contributed by atoms with E-state index >= 15 is 0 Å². The summed E-state index contributed by atoms with van der Waals surface area (Å²) in [5.74, 6) is 0.695. The van der Waals surface area contributed by atoms with Crippen LogP contribution in [0.3, 0.4) is 0 Å². The predicted molar refractivity (Wildman–Crippen MR) is 226 cm³/mol. The van der Waals surface area contributed by atoms with Crippen LogP contribution in [0.15, 0.2) is 182 Å². The Labute approximate surface area is 315 Å². The van der Waals surface area contributed by atoms with Gasteiger partial charge in [0.05, 0.1) is 38.3 Å². The summed E-state index contributed by atoms with van der Waals surface area (Å²) < 4.78 is 4.83. The molecular weight excluding hydrogens is 677 g/mol. The van der Waals surface area contributed by atoms with Gasteiger partial charge >= 0.3 is 0 Å². The van der Waals surface area contributed by atoms with Crippen molar-refractivity contribution in [1.82, 2.24) is 19.5 Å². The van der Waals surface area contributed by atoms with E-state index in [1.54, 1.807) is 0 Å². The van der Waals surface area contributed by atoms with Gasteiger partial charge in [-0.3, -0.25) is 0 Å². The van der Waals surface area contributed by atoms with Crippen molar-refractivity contribution in [3.63, 3.8) is 0 Å². The van der Waals surface area contributed by atoms with Gasteiger partial charge in [0.25, 0.3) is 0 Å². The molecule has 54 heavy (non-hydrogen) atoms. The first-order valence-electron chi connectivity index (χ1n) is 18.1. The molecule has 0 amide bonds. The molecule has 0 radical (unpaired) electrons. The molecule has 0 saturated heterocycles. The lowest BCUT2D eigenvalue weighted by Gasteiger charge is -2.12. The van der Waals surface area contributed by atoms with Crippen molar-refractivity contribution in [2.24, 2.45) is 0 Å². The summed E-state index contributed by atoms with van der Waals surface area (Å²) >= 11 is 1.82. The van der Waals surface area contributed by atoms with Gasteiger partial charge in [0.15, 0.2) is 5.82 Å². The number of thiophene rings is 1. The van der Waals surface area contributed by atoms with Gasteiger partial charge in [-0.15, -0.1) is 11.3 Å². The fourth-order valence-corrected chi connectivity index (χ4v) is 9.03. The van der Waals surface area contributed by atoms with E-state index in [1.165, 1.54) is 42.0 Å². The summed E-state index contributed by atoms with van der Waals surface area (Å²) in [7, 11) is 0.